The molecule has 112 valence electrons. The number of hydrogen-bond acceptors (Lipinski definition) is 4. The van der Waals surface area contributed by atoms with Gasteiger partial charge in [0, 0.05) is 30.1 Å². The molecule has 1 fully saturated rings. The van der Waals surface area contributed by atoms with Crippen LogP contribution in [0.4, 0.5) is 5.69 Å². The largest absolute Gasteiger partial charge is 0.398 e. The maximum atomic E-state index is 6.23. The summed E-state index contributed by atoms with van der Waals surface area (Å²) in [5.41, 5.74) is 10.2. The molecule has 1 aliphatic heterocycles. The molecule has 1 saturated heterocycles. The molecule has 0 spiro atoms. The standard InChI is InChI=1S/C17H18N4O/c18-15-9-13(12-4-6-19-7-5-12)10-16-14(15)11-20-21(16)17-3-1-2-8-22-17/h4-7,9-11,17H,1-3,8,18H2. The molecule has 4 rings (SSSR count). The monoisotopic (exact) mass is 294 g/mol. The second-order valence-corrected chi connectivity index (χ2v) is 5.64. The van der Waals surface area contributed by atoms with Crippen molar-refractivity contribution in [1.82, 2.24) is 14.8 Å². The van der Waals surface area contributed by atoms with Crippen molar-refractivity contribution in [2.45, 2.75) is 25.5 Å². The third-order valence-corrected chi connectivity index (χ3v) is 4.19. The lowest BCUT2D eigenvalue weighted by Gasteiger charge is -2.23. The second kappa shape index (κ2) is 5.42. The van der Waals surface area contributed by atoms with E-state index >= 15 is 0 Å². The number of benzene rings is 1. The van der Waals surface area contributed by atoms with Crippen molar-refractivity contribution in [3.8, 4) is 11.1 Å². The topological polar surface area (TPSA) is 66.0 Å². The van der Waals surface area contributed by atoms with Gasteiger partial charge in [-0.25, -0.2) is 4.68 Å². The van der Waals surface area contributed by atoms with Gasteiger partial charge in [0.15, 0.2) is 6.23 Å². The van der Waals surface area contributed by atoms with Crippen LogP contribution >= 0.6 is 0 Å². The van der Waals surface area contributed by atoms with Gasteiger partial charge >= 0.3 is 0 Å². The van der Waals surface area contributed by atoms with E-state index in [-0.39, 0.29) is 6.23 Å². The van der Waals surface area contributed by atoms with Crippen molar-refractivity contribution in [3.63, 3.8) is 0 Å². The summed E-state index contributed by atoms with van der Waals surface area (Å²) in [7, 11) is 0. The quantitative estimate of drug-likeness (QED) is 0.736. The number of hydrogen-bond donors (Lipinski definition) is 1. The third kappa shape index (κ3) is 2.23. The highest BCUT2D eigenvalue weighted by Crippen LogP contribution is 2.32. The molecule has 5 heteroatoms. The fraction of sp³-hybridized carbons (Fsp3) is 0.294. The maximum Gasteiger partial charge on any atom is 0.150 e. The van der Waals surface area contributed by atoms with Crippen molar-refractivity contribution in [2.75, 3.05) is 12.3 Å². The van der Waals surface area contributed by atoms with Crippen LogP contribution < -0.4 is 5.73 Å². The van der Waals surface area contributed by atoms with Crippen molar-refractivity contribution in [1.29, 1.82) is 0 Å². The molecule has 3 heterocycles. The molecular weight excluding hydrogens is 276 g/mol. The van der Waals surface area contributed by atoms with E-state index in [1.165, 1.54) is 6.42 Å². The van der Waals surface area contributed by atoms with Crippen molar-refractivity contribution in [3.05, 3.63) is 42.9 Å². The number of nitrogen functional groups attached to an aromatic ring is 1. The minimum atomic E-state index is 0.0124. The molecule has 1 aromatic carbocycles. The maximum absolute atomic E-state index is 6.23. The Morgan fingerprint density at radius 1 is 1.14 bits per heavy atom. The van der Waals surface area contributed by atoms with Crippen LogP contribution in [0.3, 0.4) is 0 Å². The molecule has 0 aliphatic carbocycles. The van der Waals surface area contributed by atoms with Gasteiger partial charge in [0.2, 0.25) is 0 Å². The molecule has 0 radical (unpaired) electrons. The first kappa shape index (κ1) is 13.3. The number of rotatable bonds is 2. The van der Waals surface area contributed by atoms with E-state index < -0.39 is 0 Å². The van der Waals surface area contributed by atoms with Gasteiger partial charge in [0.25, 0.3) is 0 Å². The summed E-state index contributed by atoms with van der Waals surface area (Å²) in [6.07, 6.45) is 8.72. The predicted molar refractivity (Wildman–Crippen MR) is 86.2 cm³/mol. The number of ether oxygens (including phenoxy) is 1. The molecule has 5 nitrogen and oxygen atoms in total. The second-order valence-electron chi connectivity index (χ2n) is 5.64. The molecule has 0 bridgehead atoms. The number of fused-ring (bicyclic) bond motifs is 1. The molecule has 0 saturated carbocycles. The highest BCUT2D eigenvalue weighted by atomic mass is 16.5. The van der Waals surface area contributed by atoms with Crippen molar-refractivity contribution in [2.24, 2.45) is 0 Å². The molecule has 1 unspecified atom stereocenters. The molecule has 1 aliphatic rings. The molecule has 0 amide bonds. The van der Waals surface area contributed by atoms with Gasteiger partial charge in [-0.1, -0.05) is 0 Å². The van der Waals surface area contributed by atoms with Gasteiger partial charge in [0.05, 0.1) is 11.7 Å². The van der Waals surface area contributed by atoms with Gasteiger partial charge < -0.3 is 10.5 Å². The van der Waals surface area contributed by atoms with Crippen LogP contribution in [-0.2, 0) is 4.74 Å². The average Bonchev–Trinajstić information content (AvgIpc) is 3.01. The smallest absolute Gasteiger partial charge is 0.150 e. The summed E-state index contributed by atoms with van der Waals surface area (Å²) >= 11 is 0. The van der Waals surface area contributed by atoms with Crippen LogP contribution in [0.25, 0.3) is 22.0 Å². The molecule has 3 aromatic rings. The number of nitrogens with two attached hydrogens (primary N) is 1. The van der Waals surface area contributed by atoms with Crippen LogP contribution in [0.5, 0.6) is 0 Å². The van der Waals surface area contributed by atoms with E-state index in [2.05, 4.69) is 16.1 Å². The minimum Gasteiger partial charge on any atom is -0.398 e. The van der Waals surface area contributed by atoms with Crippen molar-refractivity contribution < 1.29 is 4.74 Å². The zero-order valence-corrected chi connectivity index (χ0v) is 12.3. The van der Waals surface area contributed by atoms with E-state index in [1.54, 1.807) is 12.4 Å². The Balaban J connectivity index is 1.84. The molecular formula is C17H18N4O. The van der Waals surface area contributed by atoms with Crippen molar-refractivity contribution >= 4 is 16.6 Å². The number of aromatic nitrogens is 3. The Hall–Kier alpha value is -2.40. The lowest BCUT2D eigenvalue weighted by Crippen LogP contribution is -2.18. The molecule has 22 heavy (non-hydrogen) atoms. The van der Waals surface area contributed by atoms with E-state index in [0.717, 1.165) is 47.2 Å². The lowest BCUT2D eigenvalue weighted by atomic mass is 10.0. The first-order valence-corrected chi connectivity index (χ1v) is 7.62. The van der Waals surface area contributed by atoms with Gasteiger partial charge in [-0.3, -0.25) is 4.98 Å². The zero-order chi connectivity index (χ0) is 14.9. The zero-order valence-electron chi connectivity index (χ0n) is 12.3. The van der Waals surface area contributed by atoms with Crippen LogP contribution in [0.1, 0.15) is 25.5 Å². The Bertz CT molecular complexity index is 791. The summed E-state index contributed by atoms with van der Waals surface area (Å²) in [6, 6.07) is 8.09. The third-order valence-electron chi connectivity index (χ3n) is 4.19. The van der Waals surface area contributed by atoms with E-state index in [0.29, 0.717) is 0 Å². The summed E-state index contributed by atoms with van der Waals surface area (Å²) in [4.78, 5) is 4.07. The van der Waals surface area contributed by atoms with Gasteiger partial charge in [-0.2, -0.15) is 5.10 Å². The number of nitrogens with zero attached hydrogens (tertiary/aromatic N) is 3. The Morgan fingerprint density at radius 3 is 2.77 bits per heavy atom. The Morgan fingerprint density at radius 2 is 2.00 bits per heavy atom. The summed E-state index contributed by atoms with van der Waals surface area (Å²) in [5, 5.41) is 5.49. The van der Waals surface area contributed by atoms with E-state index in [4.69, 9.17) is 10.5 Å². The normalized spacial score (nSPS) is 18.6. The fourth-order valence-electron chi connectivity index (χ4n) is 3.03. The van der Waals surface area contributed by atoms with Crippen LogP contribution in [0, 0.1) is 0 Å². The van der Waals surface area contributed by atoms with Crippen LogP contribution in [0.2, 0.25) is 0 Å². The molecule has 2 aromatic heterocycles. The highest BCUT2D eigenvalue weighted by Gasteiger charge is 2.19. The number of anilines is 1. The van der Waals surface area contributed by atoms with Gasteiger partial charge in [-0.05, 0) is 54.7 Å². The Kier molecular flexibility index (Phi) is 3.27. The highest BCUT2D eigenvalue weighted by molar-refractivity contribution is 5.94. The minimum absolute atomic E-state index is 0.0124. The first-order chi connectivity index (χ1) is 10.8. The Labute approximate surface area is 128 Å². The van der Waals surface area contributed by atoms with Crippen LogP contribution in [0.15, 0.2) is 42.9 Å². The SMILES string of the molecule is Nc1cc(-c2ccncc2)cc2c1cnn2C1CCCCO1. The summed E-state index contributed by atoms with van der Waals surface area (Å²) < 4.78 is 7.83. The van der Waals surface area contributed by atoms with E-state index in [9.17, 15) is 0 Å². The predicted octanol–water partition coefficient (Wildman–Crippen LogP) is 3.38. The first-order valence-electron chi connectivity index (χ1n) is 7.62. The molecule has 2 N–H and O–H groups in total. The summed E-state index contributed by atoms with van der Waals surface area (Å²) in [6.45, 7) is 0.797. The van der Waals surface area contributed by atoms with Crippen LogP contribution in [-0.4, -0.2) is 21.4 Å². The lowest BCUT2D eigenvalue weighted by molar-refractivity contribution is -0.0366. The van der Waals surface area contributed by atoms with E-state index in [1.807, 2.05) is 29.1 Å². The van der Waals surface area contributed by atoms with Gasteiger partial charge in [-0.15, -0.1) is 0 Å². The fourth-order valence-corrected chi connectivity index (χ4v) is 3.03. The molecule has 1 atom stereocenters. The number of pyridine rings is 1. The summed E-state index contributed by atoms with van der Waals surface area (Å²) in [5.74, 6) is 0. The van der Waals surface area contributed by atoms with Gasteiger partial charge in [0.1, 0.15) is 0 Å². The average molecular weight is 294 g/mol.